The topological polar surface area (TPSA) is 47.0 Å². The maximum atomic E-state index is 5.64. The Morgan fingerprint density at radius 3 is 3.00 bits per heavy atom. The summed E-state index contributed by atoms with van der Waals surface area (Å²) < 4.78 is 5.49. The molecule has 0 spiro atoms. The summed E-state index contributed by atoms with van der Waals surface area (Å²) in [5, 5.41) is 11.5. The third kappa shape index (κ3) is 4.48. The molecule has 0 saturated carbocycles. The van der Waals surface area contributed by atoms with Crippen molar-refractivity contribution in [1.29, 1.82) is 0 Å². The van der Waals surface area contributed by atoms with Crippen LogP contribution in [-0.2, 0) is 0 Å². The first-order chi connectivity index (χ1) is 8.34. The summed E-state index contributed by atoms with van der Waals surface area (Å²) in [6, 6.07) is 4.10. The fourth-order valence-corrected chi connectivity index (χ4v) is 2.16. The zero-order chi connectivity index (χ0) is 11.9. The summed E-state index contributed by atoms with van der Waals surface area (Å²) in [7, 11) is 0. The van der Waals surface area contributed by atoms with Crippen molar-refractivity contribution in [3.05, 3.63) is 17.3 Å². The van der Waals surface area contributed by atoms with Crippen molar-refractivity contribution >= 4 is 11.6 Å². The van der Waals surface area contributed by atoms with E-state index in [1.54, 1.807) is 12.1 Å². The minimum atomic E-state index is 0.392. The van der Waals surface area contributed by atoms with Crippen molar-refractivity contribution in [3.8, 4) is 5.88 Å². The van der Waals surface area contributed by atoms with Gasteiger partial charge in [0, 0.05) is 12.1 Å². The van der Waals surface area contributed by atoms with E-state index in [2.05, 4.69) is 15.5 Å². The summed E-state index contributed by atoms with van der Waals surface area (Å²) in [4.78, 5) is 0. The van der Waals surface area contributed by atoms with Gasteiger partial charge in [0.25, 0.3) is 0 Å². The molecule has 5 heteroatoms. The number of hydrogen-bond donors (Lipinski definition) is 1. The van der Waals surface area contributed by atoms with Crippen LogP contribution in [-0.4, -0.2) is 29.4 Å². The van der Waals surface area contributed by atoms with Crippen molar-refractivity contribution in [2.75, 3.05) is 13.2 Å². The van der Waals surface area contributed by atoms with Crippen LogP contribution in [0.1, 0.15) is 32.1 Å². The van der Waals surface area contributed by atoms with Gasteiger partial charge in [-0.25, -0.2) is 0 Å². The van der Waals surface area contributed by atoms with Crippen molar-refractivity contribution < 1.29 is 4.74 Å². The van der Waals surface area contributed by atoms with Crippen molar-refractivity contribution in [2.45, 2.75) is 38.1 Å². The molecule has 1 atom stereocenters. The lowest BCUT2D eigenvalue weighted by Gasteiger charge is -2.23. The van der Waals surface area contributed by atoms with E-state index in [0.29, 0.717) is 23.7 Å². The second kappa shape index (κ2) is 6.77. The van der Waals surface area contributed by atoms with Crippen LogP contribution in [0.5, 0.6) is 5.88 Å². The molecule has 1 aromatic rings. The van der Waals surface area contributed by atoms with Gasteiger partial charge in [-0.05, 0) is 38.3 Å². The average Bonchev–Trinajstić information content (AvgIpc) is 2.38. The summed E-state index contributed by atoms with van der Waals surface area (Å²) >= 11 is 5.64. The van der Waals surface area contributed by atoms with Crippen LogP contribution < -0.4 is 10.1 Å². The first-order valence-electron chi connectivity index (χ1n) is 6.20. The first-order valence-corrected chi connectivity index (χ1v) is 6.58. The normalized spacial score (nSPS) is 20.2. The van der Waals surface area contributed by atoms with Crippen LogP contribution in [0.3, 0.4) is 0 Å². The van der Waals surface area contributed by atoms with E-state index in [1.807, 2.05) is 0 Å². The maximum absolute atomic E-state index is 5.64. The summed E-state index contributed by atoms with van der Waals surface area (Å²) in [5.74, 6) is 0.547. The number of nitrogens with one attached hydrogen (secondary N) is 1. The van der Waals surface area contributed by atoms with E-state index in [-0.39, 0.29) is 0 Å². The highest BCUT2D eigenvalue weighted by molar-refractivity contribution is 6.29. The fraction of sp³-hybridized carbons (Fsp3) is 0.667. The van der Waals surface area contributed by atoms with E-state index in [4.69, 9.17) is 16.3 Å². The van der Waals surface area contributed by atoms with Crippen molar-refractivity contribution in [2.24, 2.45) is 0 Å². The van der Waals surface area contributed by atoms with Gasteiger partial charge in [0.05, 0.1) is 6.61 Å². The van der Waals surface area contributed by atoms with Crippen LogP contribution in [0.15, 0.2) is 12.1 Å². The van der Waals surface area contributed by atoms with E-state index < -0.39 is 0 Å². The van der Waals surface area contributed by atoms with Gasteiger partial charge >= 0.3 is 0 Å². The van der Waals surface area contributed by atoms with Crippen molar-refractivity contribution in [3.63, 3.8) is 0 Å². The standard InChI is InChI=1S/C12H18ClN3O/c13-11-6-7-12(16-15-11)17-9-3-5-10-4-1-2-8-14-10/h6-7,10,14H,1-5,8-9H2/t10-/m1/s1. The lowest BCUT2D eigenvalue weighted by atomic mass is 10.0. The summed E-state index contributed by atoms with van der Waals surface area (Å²) in [6.45, 7) is 1.85. The van der Waals surface area contributed by atoms with Crippen LogP contribution in [0.4, 0.5) is 0 Å². The number of hydrogen-bond acceptors (Lipinski definition) is 4. The highest BCUT2D eigenvalue weighted by Gasteiger charge is 2.11. The van der Waals surface area contributed by atoms with Gasteiger partial charge in [0.2, 0.25) is 5.88 Å². The molecule has 2 rings (SSSR count). The highest BCUT2D eigenvalue weighted by Crippen LogP contribution is 2.13. The Kier molecular flexibility index (Phi) is 5.01. The average molecular weight is 256 g/mol. The second-order valence-electron chi connectivity index (χ2n) is 4.33. The molecule has 4 nitrogen and oxygen atoms in total. The molecule has 1 N–H and O–H groups in total. The van der Waals surface area contributed by atoms with Crippen LogP contribution >= 0.6 is 11.6 Å². The van der Waals surface area contributed by atoms with Gasteiger partial charge in [-0.2, -0.15) is 0 Å². The number of piperidine rings is 1. The Morgan fingerprint density at radius 2 is 2.29 bits per heavy atom. The van der Waals surface area contributed by atoms with Gasteiger partial charge in [-0.15, -0.1) is 10.2 Å². The Labute approximate surface area is 107 Å². The predicted octanol–water partition coefficient (Wildman–Crippen LogP) is 2.43. The summed E-state index contributed by atoms with van der Waals surface area (Å²) in [6.07, 6.45) is 6.16. The fourth-order valence-electron chi connectivity index (χ4n) is 2.06. The Morgan fingerprint density at radius 1 is 1.35 bits per heavy atom. The van der Waals surface area contributed by atoms with Gasteiger partial charge in [0.1, 0.15) is 0 Å². The largest absolute Gasteiger partial charge is 0.477 e. The zero-order valence-electron chi connectivity index (χ0n) is 9.86. The number of halogens is 1. The highest BCUT2D eigenvalue weighted by atomic mass is 35.5. The smallest absolute Gasteiger partial charge is 0.233 e. The second-order valence-corrected chi connectivity index (χ2v) is 4.72. The van der Waals surface area contributed by atoms with E-state index in [9.17, 15) is 0 Å². The minimum Gasteiger partial charge on any atom is -0.477 e. The van der Waals surface area contributed by atoms with Crippen LogP contribution in [0, 0.1) is 0 Å². The predicted molar refractivity (Wildman–Crippen MR) is 67.4 cm³/mol. The molecular formula is C12H18ClN3O. The first kappa shape index (κ1) is 12.6. The molecular weight excluding hydrogens is 238 g/mol. The molecule has 0 aromatic carbocycles. The molecule has 0 aliphatic carbocycles. The number of rotatable bonds is 5. The molecule has 0 unspecified atom stereocenters. The number of ether oxygens (including phenoxy) is 1. The van der Waals surface area contributed by atoms with E-state index in [1.165, 1.54) is 25.7 Å². The third-order valence-electron chi connectivity index (χ3n) is 2.97. The van der Waals surface area contributed by atoms with Gasteiger partial charge < -0.3 is 10.1 Å². The molecule has 1 aromatic heterocycles. The molecule has 0 bridgehead atoms. The van der Waals surface area contributed by atoms with Crippen molar-refractivity contribution in [1.82, 2.24) is 15.5 Å². The molecule has 1 saturated heterocycles. The zero-order valence-corrected chi connectivity index (χ0v) is 10.6. The molecule has 1 fully saturated rings. The van der Waals surface area contributed by atoms with E-state index >= 15 is 0 Å². The summed E-state index contributed by atoms with van der Waals surface area (Å²) in [5.41, 5.74) is 0. The number of nitrogens with zero attached hydrogens (tertiary/aromatic N) is 2. The molecule has 1 aliphatic heterocycles. The minimum absolute atomic E-state index is 0.392. The van der Waals surface area contributed by atoms with Gasteiger partial charge in [-0.1, -0.05) is 18.0 Å². The molecule has 94 valence electrons. The van der Waals surface area contributed by atoms with Gasteiger partial charge in [-0.3, -0.25) is 0 Å². The lowest BCUT2D eigenvalue weighted by molar-refractivity contribution is 0.274. The lowest BCUT2D eigenvalue weighted by Crippen LogP contribution is -2.34. The number of aromatic nitrogens is 2. The van der Waals surface area contributed by atoms with Gasteiger partial charge in [0.15, 0.2) is 5.15 Å². The Bertz CT molecular complexity index is 325. The quantitative estimate of drug-likeness (QED) is 0.821. The molecule has 1 aliphatic rings. The Hall–Kier alpha value is -0.870. The SMILES string of the molecule is Clc1ccc(OCCC[C@H]2CCCCN2)nn1. The van der Waals surface area contributed by atoms with Crippen LogP contribution in [0.25, 0.3) is 0 Å². The molecule has 17 heavy (non-hydrogen) atoms. The monoisotopic (exact) mass is 255 g/mol. The Balaban J connectivity index is 1.60. The molecule has 0 amide bonds. The molecule has 0 radical (unpaired) electrons. The molecule has 2 heterocycles. The van der Waals surface area contributed by atoms with E-state index in [0.717, 1.165) is 13.0 Å². The van der Waals surface area contributed by atoms with Crippen LogP contribution in [0.2, 0.25) is 5.15 Å². The maximum Gasteiger partial charge on any atom is 0.233 e. The third-order valence-corrected chi connectivity index (χ3v) is 3.17.